The molecule has 4 rings (SSSR count). The maximum absolute atomic E-state index is 12.1. The second-order valence-electron chi connectivity index (χ2n) is 9.90. The van der Waals surface area contributed by atoms with E-state index in [2.05, 4.69) is 67.3 Å². The minimum absolute atomic E-state index is 0. The summed E-state index contributed by atoms with van der Waals surface area (Å²) in [7, 11) is 1.78. The first-order valence-corrected chi connectivity index (χ1v) is 12.5. The van der Waals surface area contributed by atoms with Crippen LogP contribution in [0.15, 0.2) is 48.5 Å². The molecule has 2 aliphatic rings. The van der Waals surface area contributed by atoms with Gasteiger partial charge in [-0.15, -0.1) is 0 Å². The Labute approximate surface area is 222 Å². The summed E-state index contributed by atoms with van der Waals surface area (Å²) in [4.78, 5) is 33.8. The van der Waals surface area contributed by atoms with Crippen LogP contribution < -0.4 is 0 Å². The van der Waals surface area contributed by atoms with Crippen molar-refractivity contribution in [2.75, 3.05) is 33.2 Å². The highest BCUT2D eigenvalue weighted by Crippen LogP contribution is 2.42. The van der Waals surface area contributed by atoms with Crippen molar-refractivity contribution in [2.24, 2.45) is 5.92 Å². The van der Waals surface area contributed by atoms with E-state index in [4.69, 9.17) is 24.5 Å². The van der Waals surface area contributed by atoms with Gasteiger partial charge in [0.1, 0.15) is 11.7 Å². The number of rotatable bonds is 6. The van der Waals surface area contributed by atoms with Gasteiger partial charge in [-0.3, -0.25) is 0 Å². The highest BCUT2D eigenvalue weighted by Gasteiger charge is 2.41. The maximum atomic E-state index is 12.1. The summed E-state index contributed by atoms with van der Waals surface area (Å²) in [6.07, 6.45) is 2.50. The third-order valence-electron chi connectivity index (χ3n) is 7.17. The predicted octanol–water partition coefficient (Wildman–Crippen LogP) is 2.42. The van der Waals surface area contributed by atoms with Crippen molar-refractivity contribution in [1.82, 2.24) is 9.80 Å². The molecule has 10 nitrogen and oxygen atoms in total. The van der Waals surface area contributed by atoms with Crippen molar-refractivity contribution in [3.05, 3.63) is 70.8 Å². The van der Waals surface area contributed by atoms with E-state index in [1.165, 1.54) is 11.1 Å². The molecule has 5 N–H and O–H groups in total. The molecule has 2 aromatic carbocycles. The lowest BCUT2D eigenvalue weighted by Crippen LogP contribution is -2.44. The van der Waals surface area contributed by atoms with Crippen LogP contribution in [-0.4, -0.2) is 88.0 Å². The second-order valence-corrected chi connectivity index (χ2v) is 9.90. The molecule has 2 aliphatic heterocycles. The summed E-state index contributed by atoms with van der Waals surface area (Å²) in [6, 6.07) is 16.7. The van der Waals surface area contributed by atoms with Gasteiger partial charge in [-0.1, -0.05) is 59.7 Å². The topological polar surface area (TPSA) is 159 Å². The van der Waals surface area contributed by atoms with E-state index in [0.29, 0.717) is 6.54 Å². The van der Waals surface area contributed by atoms with E-state index >= 15 is 0 Å². The van der Waals surface area contributed by atoms with E-state index in [9.17, 15) is 9.90 Å². The number of hydrogen-bond donors (Lipinski definition) is 3. The molecule has 38 heavy (non-hydrogen) atoms. The quantitative estimate of drug-likeness (QED) is 0.480. The Kier molecular flexibility index (Phi) is 10.8. The number of cyclic esters (lactones) is 1. The number of likely N-dealkylation sites (tertiary alicyclic amines) is 1. The van der Waals surface area contributed by atoms with Gasteiger partial charge in [-0.05, 0) is 63.2 Å². The molecule has 0 spiro atoms. The molecule has 2 heterocycles. The number of carboxylic acid groups (broad SMARTS) is 2. The number of piperidine rings is 1. The molecule has 10 heteroatoms. The predicted molar refractivity (Wildman–Crippen MR) is 141 cm³/mol. The van der Waals surface area contributed by atoms with Crippen LogP contribution in [0, 0.1) is 19.8 Å². The lowest BCUT2D eigenvalue weighted by Gasteiger charge is -2.42. The normalized spacial score (nSPS) is 18.2. The first-order chi connectivity index (χ1) is 17.5. The number of carbonyl (C=O) groups is 3. The van der Waals surface area contributed by atoms with Crippen LogP contribution >= 0.6 is 0 Å². The number of aliphatic carboxylic acids is 2. The molecular weight excluding hydrogens is 492 g/mol. The Bertz CT molecular complexity index is 1020. The number of likely N-dealkylation sites (N-methyl/N-ethyl adjacent to an activating group) is 1. The van der Waals surface area contributed by atoms with Crippen molar-refractivity contribution >= 4 is 18.0 Å². The molecule has 2 fully saturated rings. The number of carboxylic acids is 2. The highest BCUT2D eigenvalue weighted by atomic mass is 16.6. The third-order valence-corrected chi connectivity index (χ3v) is 7.17. The van der Waals surface area contributed by atoms with Gasteiger partial charge in [-0.2, -0.15) is 0 Å². The summed E-state index contributed by atoms with van der Waals surface area (Å²) < 4.78 is 5.40. The molecule has 2 saturated heterocycles. The largest absolute Gasteiger partial charge is 0.473 e. The summed E-state index contributed by atoms with van der Waals surface area (Å²) in [5.74, 6) is -3.49. The first kappa shape index (κ1) is 30.8. The molecule has 0 bridgehead atoms. The Balaban J connectivity index is 0.000000652. The molecule has 0 aliphatic carbocycles. The number of ether oxygens (including phenoxy) is 1. The fourth-order valence-corrected chi connectivity index (χ4v) is 4.95. The molecule has 0 aromatic heterocycles. The van der Waals surface area contributed by atoms with E-state index in [0.717, 1.165) is 50.0 Å². The number of hydrogen-bond acceptors (Lipinski definition) is 6. The fourth-order valence-electron chi connectivity index (χ4n) is 4.95. The summed E-state index contributed by atoms with van der Waals surface area (Å²) in [5.41, 5.74) is 3.35. The van der Waals surface area contributed by atoms with Crippen LogP contribution in [0.25, 0.3) is 0 Å². The van der Waals surface area contributed by atoms with Crippen LogP contribution in [0.5, 0.6) is 0 Å². The van der Waals surface area contributed by atoms with Gasteiger partial charge < -0.3 is 35.3 Å². The van der Waals surface area contributed by atoms with Crippen molar-refractivity contribution in [2.45, 2.75) is 44.8 Å². The highest BCUT2D eigenvalue weighted by molar-refractivity contribution is 6.27. The van der Waals surface area contributed by atoms with Gasteiger partial charge in [0.2, 0.25) is 0 Å². The van der Waals surface area contributed by atoms with Gasteiger partial charge in [0.15, 0.2) is 0 Å². The van der Waals surface area contributed by atoms with Crippen molar-refractivity contribution < 1.29 is 39.9 Å². The summed E-state index contributed by atoms with van der Waals surface area (Å²) in [6.45, 7) is 7.64. The van der Waals surface area contributed by atoms with Crippen molar-refractivity contribution in [3.8, 4) is 0 Å². The molecule has 1 unspecified atom stereocenters. The monoisotopic (exact) mass is 530 g/mol. The van der Waals surface area contributed by atoms with Crippen LogP contribution in [0.2, 0.25) is 0 Å². The van der Waals surface area contributed by atoms with Crippen molar-refractivity contribution in [1.29, 1.82) is 0 Å². The SMILES string of the molecule is Cc1ccc(C(O)(c2ccc(C)cc2)C2CCN(CCC3CN(C)C(=O)O3)CC2)cc1.O.O=C(O)C(=O)O. The van der Waals surface area contributed by atoms with Gasteiger partial charge in [0.05, 0.1) is 6.54 Å². The summed E-state index contributed by atoms with van der Waals surface area (Å²) >= 11 is 0. The zero-order valence-corrected chi connectivity index (χ0v) is 22.1. The average molecular weight is 531 g/mol. The molecular formula is C28H38N2O8. The van der Waals surface area contributed by atoms with Crippen LogP contribution in [0.3, 0.4) is 0 Å². The van der Waals surface area contributed by atoms with Gasteiger partial charge in [-0.25, -0.2) is 14.4 Å². The first-order valence-electron chi connectivity index (χ1n) is 12.5. The zero-order valence-electron chi connectivity index (χ0n) is 22.1. The van der Waals surface area contributed by atoms with Gasteiger partial charge in [0, 0.05) is 13.6 Å². The Morgan fingerprint density at radius 3 is 1.74 bits per heavy atom. The Morgan fingerprint density at radius 1 is 0.921 bits per heavy atom. The zero-order chi connectivity index (χ0) is 27.2. The number of carbonyl (C=O) groups excluding carboxylic acids is 1. The lowest BCUT2D eigenvalue weighted by molar-refractivity contribution is -0.159. The number of benzene rings is 2. The maximum Gasteiger partial charge on any atom is 0.414 e. The number of aliphatic hydroxyl groups is 1. The molecule has 0 radical (unpaired) electrons. The van der Waals surface area contributed by atoms with Crippen LogP contribution in [0.4, 0.5) is 4.79 Å². The summed E-state index contributed by atoms with van der Waals surface area (Å²) in [5, 5.41) is 26.9. The number of amides is 1. The van der Waals surface area contributed by atoms with E-state index in [-0.39, 0.29) is 23.6 Å². The Hall–Kier alpha value is -3.47. The number of aryl methyl sites for hydroxylation is 2. The second kappa shape index (κ2) is 13.4. The minimum atomic E-state index is -1.82. The van der Waals surface area contributed by atoms with E-state index in [1.54, 1.807) is 11.9 Å². The molecule has 2 aromatic rings. The molecule has 1 amide bonds. The van der Waals surface area contributed by atoms with Crippen molar-refractivity contribution in [3.63, 3.8) is 0 Å². The van der Waals surface area contributed by atoms with E-state index < -0.39 is 17.5 Å². The smallest absolute Gasteiger partial charge is 0.414 e. The Morgan fingerprint density at radius 2 is 1.37 bits per heavy atom. The standard InChI is InChI=1S/C26H34N2O3.C2H2O4.H2O/c1-19-4-8-21(9-5-19)26(30,22-10-6-20(2)7-11-22)23-12-15-28(16-13-23)17-14-24-18-27(3)25(29)31-24;3-1(4)2(5)6;/h4-11,23-24,30H,12-18H2,1-3H3;(H,3,4)(H,5,6);1H2. The molecule has 208 valence electrons. The fraction of sp³-hybridized carbons (Fsp3) is 0.464. The van der Waals surface area contributed by atoms with Gasteiger partial charge >= 0.3 is 18.0 Å². The third kappa shape index (κ3) is 7.53. The molecule has 0 saturated carbocycles. The van der Waals surface area contributed by atoms with E-state index in [1.807, 2.05) is 0 Å². The average Bonchev–Trinajstić information content (AvgIpc) is 3.20. The van der Waals surface area contributed by atoms with Crippen LogP contribution in [-0.2, 0) is 19.9 Å². The lowest BCUT2D eigenvalue weighted by atomic mass is 9.72. The van der Waals surface area contributed by atoms with Gasteiger partial charge in [0.25, 0.3) is 0 Å². The number of nitrogens with zero attached hydrogens (tertiary/aromatic N) is 2. The minimum Gasteiger partial charge on any atom is -0.473 e. The van der Waals surface area contributed by atoms with Crippen LogP contribution in [0.1, 0.15) is 41.5 Å². The molecule has 1 atom stereocenters.